The van der Waals surface area contributed by atoms with Crippen molar-refractivity contribution in [3.63, 3.8) is 0 Å². The Kier molecular flexibility index (Phi) is 7.69. The molecule has 2 aromatic rings. The second kappa shape index (κ2) is 9.80. The van der Waals surface area contributed by atoms with Gasteiger partial charge in [0.25, 0.3) is 0 Å². The molecule has 6 nitrogen and oxygen atoms in total. The number of halogens is 2. The molecule has 9 heteroatoms. The van der Waals surface area contributed by atoms with Gasteiger partial charge in [-0.2, -0.15) is 8.78 Å². The predicted octanol–water partition coefficient (Wildman–Crippen LogP) is 3.23. The Morgan fingerprint density at radius 1 is 1.14 bits per heavy atom. The van der Waals surface area contributed by atoms with Gasteiger partial charge in [-0.25, -0.2) is 13.1 Å². The summed E-state index contributed by atoms with van der Waals surface area (Å²) in [6.07, 6.45) is -0.00673. The number of alkyl halides is 2. The highest BCUT2D eigenvalue weighted by Gasteiger charge is 2.17. The molecular weight excluding hydrogens is 402 g/mol. The molecule has 0 saturated heterocycles. The molecule has 0 aromatic heterocycles. The number of nitrogens with zero attached hydrogens (tertiary/aromatic N) is 1. The molecule has 1 amide bonds. The van der Waals surface area contributed by atoms with Gasteiger partial charge in [0.05, 0.1) is 4.90 Å². The van der Waals surface area contributed by atoms with E-state index in [-0.39, 0.29) is 36.1 Å². The van der Waals surface area contributed by atoms with Crippen LogP contribution in [-0.4, -0.2) is 39.4 Å². The maximum absolute atomic E-state index is 12.4. The smallest absolute Gasteiger partial charge is 0.387 e. The zero-order valence-corrected chi connectivity index (χ0v) is 17.3. The standard InChI is InChI=1S/C20H24F2N2O4S/c1-14-4-9-18(15(2)12-14)29(26,27)23-11-10-19(25)24(3)13-16-5-7-17(8-6-16)28-20(21)22/h4-9,12,20,23H,10-11,13H2,1-3H3. The number of carbonyl (C=O) groups is 1. The number of carbonyl (C=O) groups excluding carboxylic acids is 1. The molecule has 0 aliphatic heterocycles. The van der Waals surface area contributed by atoms with Gasteiger partial charge in [0.15, 0.2) is 0 Å². The van der Waals surface area contributed by atoms with Crippen LogP contribution in [-0.2, 0) is 21.4 Å². The van der Waals surface area contributed by atoms with Gasteiger partial charge in [0, 0.05) is 26.6 Å². The molecule has 2 aromatic carbocycles. The van der Waals surface area contributed by atoms with Crippen LogP contribution in [0.5, 0.6) is 5.75 Å². The first-order valence-corrected chi connectivity index (χ1v) is 10.4. The third kappa shape index (κ3) is 6.79. The minimum atomic E-state index is -3.70. The number of aryl methyl sites for hydroxylation is 2. The van der Waals surface area contributed by atoms with Crippen LogP contribution in [0.25, 0.3) is 0 Å². The number of rotatable bonds is 9. The molecule has 2 rings (SSSR count). The van der Waals surface area contributed by atoms with Gasteiger partial charge in [-0.05, 0) is 43.2 Å². The van der Waals surface area contributed by atoms with Crippen molar-refractivity contribution in [2.75, 3.05) is 13.6 Å². The Morgan fingerprint density at radius 2 is 1.79 bits per heavy atom. The van der Waals surface area contributed by atoms with Crippen LogP contribution in [0.1, 0.15) is 23.1 Å². The van der Waals surface area contributed by atoms with Crippen molar-refractivity contribution in [1.29, 1.82) is 0 Å². The molecular formula is C20H24F2N2O4S. The molecule has 0 bridgehead atoms. The SMILES string of the molecule is Cc1ccc(S(=O)(=O)NCCC(=O)N(C)Cc2ccc(OC(F)F)cc2)c(C)c1. The van der Waals surface area contributed by atoms with Crippen LogP contribution in [0.2, 0.25) is 0 Å². The number of sulfonamides is 1. The van der Waals surface area contributed by atoms with Crippen molar-refractivity contribution in [3.8, 4) is 5.75 Å². The van der Waals surface area contributed by atoms with Crippen LogP contribution in [0.15, 0.2) is 47.4 Å². The minimum absolute atomic E-state index is 0.00673. The van der Waals surface area contributed by atoms with Crippen molar-refractivity contribution in [3.05, 3.63) is 59.2 Å². The summed E-state index contributed by atoms with van der Waals surface area (Å²) in [7, 11) is -2.11. The topological polar surface area (TPSA) is 75.7 Å². The largest absolute Gasteiger partial charge is 0.435 e. The molecule has 0 atom stereocenters. The minimum Gasteiger partial charge on any atom is -0.435 e. The molecule has 0 radical (unpaired) electrons. The number of amides is 1. The molecule has 0 unspecified atom stereocenters. The van der Waals surface area contributed by atoms with Crippen LogP contribution in [0, 0.1) is 13.8 Å². The Labute approximate surface area is 169 Å². The van der Waals surface area contributed by atoms with E-state index in [9.17, 15) is 22.0 Å². The summed E-state index contributed by atoms with van der Waals surface area (Å²) in [5.41, 5.74) is 2.34. The van der Waals surface area contributed by atoms with Crippen LogP contribution in [0.4, 0.5) is 8.78 Å². The molecule has 29 heavy (non-hydrogen) atoms. The van der Waals surface area contributed by atoms with E-state index in [0.29, 0.717) is 5.56 Å². The van der Waals surface area contributed by atoms with Gasteiger partial charge < -0.3 is 9.64 Å². The highest BCUT2D eigenvalue weighted by molar-refractivity contribution is 7.89. The lowest BCUT2D eigenvalue weighted by Gasteiger charge is -2.18. The molecule has 0 aliphatic carbocycles. The fourth-order valence-corrected chi connectivity index (χ4v) is 4.06. The van der Waals surface area contributed by atoms with Gasteiger partial charge >= 0.3 is 6.61 Å². The fraction of sp³-hybridized carbons (Fsp3) is 0.350. The number of hydrogen-bond donors (Lipinski definition) is 1. The quantitative estimate of drug-likeness (QED) is 0.668. The number of benzene rings is 2. The average Bonchev–Trinajstić information content (AvgIpc) is 2.62. The van der Waals surface area contributed by atoms with Gasteiger partial charge in [0.2, 0.25) is 15.9 Å². The van der Waals surface area contributed by atoms with E-state index in [1.54, 1.807) is 44.3 Å². The van der Waals surface area contributed by atoms with Crippen LogP contribution >= 0.6 is 0 Å². The van der Waals surface area contributed by atoms with Crippen LogP contribution < -0.4 is 9.46 Å². The predicted molar refractivity (Wildman–Crippen MR) is 105 cm³/mol. The second-order valence-electron chi connectivity index (χ2n) is 6.69. The number of ether oxygens (including phenoxy) is 1. The summed E-state index contributed by atoms with van der Waals surface area (Å²) < 4.78 is 55.9. The summed E-state index contributed by atoms with van der Waals surface area (Å²) in [6, 6.07) is 11.0. The van der Waals surface area contributed by atoms with Crippen molar-refractivity contribution < 1.29 is 26.7 Å². The van der Waals surface area contributed by atoms with E-state index in [1.165, 1.54) is 17.0 Å². The molecule has 0 aliphatic rings. The summed E-state index contributed by atoms with van der Waals surface area (Å²) in [5, 5.41) is 0. The van der Waals surface area contributed by atoms with Gasteiger partial charge in [-0.3, -0.25) is 4.79 Å². The van der Waals surface area contributed by atoms with Gasteiger partial charge in [0.1, 0.15) is 5.75 Å². The summed E-state index contributed by atoms with van der Waals surface area (Å²) in [5.74, 6) is -0.209. The number of nitrogens with one attached hydrogen (secondary N) is 1. The molecule has 1 N–H and O–H groups in total. The molecule has 0 fully saturated rings. The van der Waals surface area contributed by atoms with Gasteiger partial charge in [-0.1, -0.05) is 29.8 Å². The summed E-state index contributed by atoms with van der Waals surface area (Å²) in [4.78, 5) is 13.9. The van der Waals surface area contributed by atoms with E-state index in [4.69, 9.17) is 0 Å². The Hall–Kier alpha value is -2.52. The highest BCUT2D eigenvalue weighted by Crippen LogP contribution is 2.17. The van der Waals surface area contributed by atoms with Crippen molar-refractivity contribution in [2.45, 2.75) is 38.3 Å². The molecule has 0 heterocycles. The Morgan fingerprint density at radius 3 is 2.38 bits per heavy atom. The first-order chi connectivity index (χ1) is 13.6. The second-order valence-corrected chi connectivity index (χ2v) is 8.42. The molecule has 158 valence electrons. The summed E-state index contributed by atoms with van der Waals surface area (Å²) in [6.45, 7) is 0.943. The lowest BCUT2D eigenvalue weighted by molar-refractivity contribution is -0.130. The third-order valence-corrected chi connectivity index (χ3v) is 5.87. The zero-order chi connectivity index (χ0) is 21.6. The maximum Gasteiger partial charge on any atom is 0.387 e. The van der Waals surface area contributed by atoms with Crippen molar-refractivity contribution >= 4 is 15.9 Å². The van der Waals surface area contributed by atoms with Crippen molar-refractivity contribution in [1.82, 2.24) is 9.62 Å². The van der Waals surface area contributed by atoms with E-state index in [1.807, 2.05) is 6.92 Å². The molecule has 0 spiro atoms. The first kappa shape index (κ1) is 22.8. The summed E-state index contributed by atoms with van der Waals surface area (Å²) >= 11 is 0. The van der Waals surface area contributed by atoms with E-state index in [0.717, 1.165) is 11.1 Å². The normalized spacial score (nSPS) is 11.5. The zero-order valence-electron chi connectivity index (χ0n) is 16.5. The highest BCUT2D eigenvalue weighted by atomic mass is 32.2. The van der Waals surface area contributed by atoms with E-state index in [2.05, 4.69) is 9.46 Å². The first-order valence-electron chi connectivity index (χ1n) is 8.93. The lowest BCUT2D eigenvalue weighted by atomic mass is 10.2. The monoisotopic (exact) mass is 426 g/mol. The van der Waals surface area contributed by atoms with E-state index >= 15 is 0 Å². The fourth-order valence-electron chi connectivity index (χ4n) is 2.80. The number of hydrogen-bond acceptors (Lipinski definition) is 4. The lowest BCUT2D eigenvalue weighted by Crippen LogP contribution is -2.32. The van der Waals surface area contributed by atoms with Gasteiger partial charge in [-0.15, -0.1) is 0 Å². The Bertz CT molecular complexity index is 947. The average molecular weight is 426 g/mol. The van der Waals surface area contributed by atoms with Crippen LogP contribution in [0.3, 0.4) is 0 Å². The van der Waals surface area contributed by atoms with E-state index < -0.39 is 16.6 Å². The maximum atomic E-state index is 12.4. The third-order valence-electron chi connectivity index (χ3n) is 4.24. The van der Waals surface area contributed by atoms with Crippen molar-refractivity contribution in [2.24, 2.45) is 0 Å². The Balaban J connectivity index is 1.86. The molecule has 0 saturated carbocycles.